The Hall–Kier alpha value is -3.36. The van der Waals surface area contributed by atoms with Gasteiger partial charge in [-0.3, -0.25) is 14.7 Å². The van der Waals surface area contributed by atoms with E-state index in [0.29, 0.717) is 15.6 Å². The first-order valence-corrected chi connectivity index (χ1v) is 7.55. The summed E-state index contributed by atoms with van der Waals surface area (Å²) in [4.78, 5) is 26.8. The number of nitro benzene ring substituents is 1. The van der Waals surface area contributed by atoms with Gasteiger partial charge in [0.05, 0.1) is 16.0 Å². The highest BCUT2D eigenvalue weighted by Crippen LogP contribution is 2.25. The molecular weight excluding hydrogens is 348 g/mol. The van der Waals surface area contributed by atoms with Crippen molar-refractivity contribution in [2.45, 2.75) is 20.1 Å². The summed E-state index contributed by atoms with van der Waals surface area (Å²) in [6.45, 7) is -1.88. The number of hydrogen-bond donors (Lipinski definition) is 0. The van der Waals surface area contributed by atoms with Gasteiger partial charge in [0, 0.05) is 6.07 Å². The molecular formula is C17H13F2N3O4. The summed E-state index contributed by atoms with van der Waals surface area (Å²) >= 11 is 0. The number of carbonyl (C=O) groups excluding carboxylic acids is 1. The number of rotatable bonds is 5. The van der Waals surface area contributed by atoms with Gasteiger partial charge < -0.3 is 4.74 Å². The van der Waals surface area contributed by atoms with Crippen molar-refractivity contribution < 1.29 is 23.2 Å². The number of nitro groups is 1. The Labute approximate surface area is 146 Å². The Kier molecular flexibility index (Phi) is 4.61. The fraction of sp³-hybridized carbons (Fsp3) is 0.176. The Morgan fingerprint density at radius 2 is 2.00 bits per heavy atom. The van der Waals surface area contributed by atoms with Gasteiger partial charge in [0.25, 0.3) is 5.69 Å². The fourth-order valence-corrected chi connectivity index (χ4v) is 2.69. The minimum Gasteiger partial charge on any atom is -0.454 e. The number of aromatic nitrogens is 2. The van der Waals surface area contributed by atoms with Crippen molar-refractivity contribution >= 4 is 22.7 Å². The van der Waals surface area contributed by atoms with Crippen LogP contribution in [-0.2, 0) is 11.3 Å². The first-order chi connectivity index (χ1) is 12.4. The first-order valence-electron chi connectivity index (χ1n) is 7.55. The number of hydrogen-bond acceptors (Lipinski definition) is 5. The van der Waals surface area contributed by atoms with Crippen molar-refractivity contribution in [1.82, 2.24) is 9.55 Å². The van der Waals surface area contributed by atoms with E-state index in [0.717, 1.165) is 0 Å². The maximum absolute atomic E-state index is 13.4. The molecule has 0 N–H and O–H groups in total. The molecule has 3 aromatic rings. The topological polar surface area (TPSA) is 87.3 Å². The molecule has 2 aromatic carbocycles. The normalized spacial score (nSPS) is 11.1. The van der Waals surface area contributed by atoms with Crippen LogP contribution in [0.1, 0.15) is 28.3 Å². The lowest BCUT2D eigenvalue weighted by atomic mass is 10.1. The monoisotopic (exact) mass is 361 g/mol. The average Bonchev–Trinajstić information content (AvgIpc) is 2.97. The summed E-state index contributed by atoms with van der Waals surface area (Å²) in [7, 11) is 0. The number of halogens is 2. The van der Waals surface area contributed by atoms with Crippen LogP contribution >= 0.6 is 0 Å². The highest BCUT2D eigenvalue weighted by molar-refractivity contribution is 5.95. The highest BCUT2D eigenvalue weighted by Gasteiger charge is 2.25. The van der Waals surface area contributed by atoms with E-state index in [2.05, 4.69) is 4.98 Å². The van der Waals surface area contributed by atoms with Crippen LogP contribution in [0.5, 0.6) is 0 Å². The molecule has 0 saturated carbocycles. The van der Waals surface area contributed by atoms with Crippen LogP contribution < -0.4 is 0 Å². The second kappa shape index (κ2) is 6.87. The lowest BCUT2D eigenvalue weighted by molar-refractivity contribution is -0.385. The molecule has 0 aliphatic heterocycles. The fourth-order valence-electron chi connectivity index (χ4n) is 2.69. The number of esters is 1. The van der Waals surface area contributed by atoms with E-state index in [1.165, 1.54) is 31.2 Å². The molecule has 0 radical (unpaired) electrons. The van der Waals surface area contributed by atoms with Crippen molar-refractivity contribution in [2.75, 3.05) is 0 Å². The summed E-state index contributed by atoms with van der Waals surface area (Å²) in [6.07, 6.45) is 0. The predicted octanol–water partition coefficient (Wildman–Crippen LogP) is 4.01. The third kappa shape index (κ3) is 3.10. The second-order valence-corrected chi connectivity index (χ2v) is 5.47. The lowest BCUT2D eigenvalue weighted by Crippen LogP contribution is -2.13. The number of ether oxygens (including phenoxy) is 1. The van der Waals surface area contributed by atoms with E-state index in [9.17, 15) is 23.7 Å². The third-order valence-corrected chi connectivity index (χ3v) is 3.85. The first kappa shape index (κ1) is 17.5. The largest absolute Gasteiger partial charge is 0.454 e. The smallest absolute Gasteiger partial charge is 0.345 e. The van der Waals surface area contributed by atoms with Crippen LogP contribution in [0.15, 0.2) is 42.5 Å². The number of alkyl halides is 2. The quantitative estimate of drug-likeness (QED) is 0.389. The average molecular weight is 361 g/mol. The summed E-state index contributed by atoms with van der Waals surface area (Å²) in [5.41, 5.74) is 0.275. The number of aryl methyl sites for hydroxylation is 1. The minimum atomic E-state index is -2.87. The molecule has 0 aliphatic carbocycles. The van der Waals surface area contributed by atoms with Gasteiger partial charge in [0.2, 0.25) is 0 Å². The lowest BCUT2D eigenvalue weighted by Gasteiger charge is -2.10. The third-order valence-electron chi connectivity index (χ3n) is 3.85. The van der Waals surface area contributed by atoms with Gasteiger partial charge in [-0.15, -0.1) is 0 Å². The number of nitrogens with zero attached hydrogens (tertiary/aromatic N) is 3. The highest BCUT2D eigenvalue weighted by atomic mass is 19.3. The van der Waals surface area contributed by atoms with Crippen molar-refractivity contribution in [3.8, 4) is 0 Å². The molecule has 0 saturated heterocycles. The van der Waals surface area contributed by atoms with Gasteiger partial charge in [-0.05, 0) is 24.6 Å². The van der Waals surface area contributed by atoms with Crippen LogP contribution in [0.25, 0.3) is 11.0 Å². The zero-order valence-electron chi connectivity index (χ0n) is 13.6. The predicted molar refractivity (Wildman–Crippen MR) is 87.9 cm³/mol. The Morgan fingerprint density at radius 1 is 1.27 bits per heavy atom. The van der Waals surface area contributed by atoms with E-state index in [1.54, 1.807) is 18.2 Å². The van der Waals surface area contributed by atoms with Crippen molar-refractivity contribution in [2.24, 2.45) is 0 Å². The van der Waals surface area contributed by atoms with Crippen LogP contribution in [0.4, 0.5) is 14.5 Å². The van der Waals surface area contributed by atoms with Gasteiger partial charge in [-0.1, -0.05) is 24.3 Å². The van der Waals surface area contributed by atoms with Crippen molar-refractivity contribution in [1.29, 1.82) is 0 Å². The molecule has 0 amide bonds. The van der Waals surface area contributed by atoms with Crippen LogP contribution in [0, 0.1) is 17.0 Å². The van der Waals surface area contributed by atoms with E-state index in [1.807, 2.05) is 0 Å². The number of benzene rings is 2. The summed E-state index contributed by atoms with van der Waals surface area (Å²) in [5, 5.41) is 11.1. The molecule has 0 aliphatic rings. The maximum atomic E-state index is 13.4. The molecule has 3 rings (SSSR count). The Bertz CT molecular complexity index is 1000. The zero-order valence-corrected chi connectivity index (χ0v) is 13.6. The zero-order chi connectivity index (χ0) is 18.8. The minimum absolute atomic E-state index is 0.147. The molecule has 0 unspecified atom stereocenters. The van der Waals surface area contributed by atoms with Gasteiger partial charge in [0.1, 0.15) is 12.2 Å². The van der Waals surface area contributed by atoms with Crippen LogP contribution in [-0.4, -0.2) is 20.4 Å². The number of carbonyl (C=O) groups is 1. The van der Waals surface area contributed by atoms with Crippen LogP contribution in [0.2, 0.25) is 0 Å². The Morgan fingerprint density at radius 3 is 2.69 bits per heavy atom. The van der Waals surface area contributed by atoms with Gasteiger partial charge in [-0.2, -0.15) is 8.78 Å². The molecule has 0 spiro atoms. The molecule has 1 heterocycles. The van der Waals surface area contributed by atoms with Crippen LogP contribution in [0.3, 0.4) is 0 Å². The number of para-hydroxylation sites is 2. The molecule has 7 nitrogen and oxygen atoms in total. The molecule has 0 atom stereocenters. The molecule has 26 heavy (non-hydrogen) atoms. The molecule has 0 fully saturated rings. The number of imidazole rings is 1. The van der Waals surface area contributed by atoms with E-state index < -0.39 is 29.7 Å². The number of fused-ring (bicyclic) bond motifs is 1. The summed E-state index contributed by atoms with van der Waals surface area (Å²) in [6, 6.07) is 10.4. The van der Waals surface area contributed by atoms with Crippen molar-refractivity contribution in [3.05, 3.63) is 69.5 Å². The maximum Gasteiger partial charge on any atom is 0.345 e. The van der Waals surface area contributed by atoms with Crippen molar-refractivity contribution in [3.63, 3.8) is 0 Å². The Balaban J connectivity index is 1.91. The molecule has 1 aromatic heterocycles. The standard InChI is InChI=1S/C17H13F2N3O4/c1-10-5-4-8-13(22(24)25)15(10)16(23)26-9-14-20-11-6-2-3-7-12(11)21(14)17(18)19/h2-8,17H,9H2,1H3. The molecule has 134 valence electrons. The van der Waals surface area contributed by atoms with Gasteiger partial charge >= 0.3 is 12.5 Å². The second-order valence-electron chi connectivity index (χ2n) is 5.47. The van der Waals surface area contributed by atoms with E-state index >= 15 is 0 Å². The van der Waals surface area contributed by atoms with E-state index in [-0.39, 0.29) is 16.9 Å². The SMILES string of the molecule is Cc1cccc([N+](=O)[O-])c1C(=O)OCc1nc2ccccc2n1C(F)F. The summed E-state index contributed by atoms with van der Waals surface area (Å²) in [5.74, 6) is -1.12. The van der Waals surface area contributed by atoms with E-state index in [4.69, 9.17) is 4.74 Å². The van der Waals surface area contributed by atoms with Gasteiger partial charge in [-0.25, -0.2) is 9.78 Å². The molecule has 9 heteroatoms. The summed E-state index contributed by atoms with van der Waals surface area (Å²) < 4.78 is 32.4. The molecule has 0 bridgehead atoms. The van der Waals surface area contributed by atoms with Gasteiger partial charge in [0.15, 0.2) is 5.82 Å².